The molecule has 1 unspecified atom stereocenters. The van der Waals surface area contributed by atoms with Crippen LogP contribution in [-0.2, 0) is 19.1 Å². The molecule has 2 heterocycles. The fraction of sp³-hybridized carbons (Fsp3) is 0.333. The van der Waals surface area contributed by atoms with E-state index in [0.29, 0.717) is 18.7 Å². The molecule has 0 saturated carbocycles. The number of nitrogens with one attached hydrogen (secondary N) is 2. The van der Waals surface area contributed by atoms with Crippen LogP contribution in [0, 0.1) is 11.8 Å². The van der Waals surface area contributed by atoms with E-state index < -0.39 is 24.3 Å². The van der Waals surface area contributed by atoms with E-state index in [9.17, 15) is 27.6 Å². The van der Waals surface area contributed by atoms with Crippen LogP contribution in [-0.4, -0.2) is 41.2 Å². The largest absolute Gasteiger partial charge is 0.491 e. The van der Waals surface area contributed by atoms with Crippen LogP contribution in [0.15, 0.2) is 42.6 Å². The van der Waals surface area contributed by atoms with Gasteiger partial charge in [-0.1, -0.05) is 25.1 Å². The number of carbonyl (C=O) groups excluding carboxylic acids is 3. The third-order valence-electron chi connectivity index (χ3n) is 5.30. The van der Waals surface area contributed by atoms with Gasteiger partial charge >= 0.3 is 18.1 Å². The number of halogens is 3. The second kappa shape index (κ2) is 11.1. The maximum atomic E-state index is 12.5. The third-order valence-corrected chi connectivity index (χ3v) is 5.30. The van der Waals surface area contributed by atoms with Crippen molar-refractivity contribution < 1.29 is 32.3 Å². The molecular formula is C24H24F3N5O4. The Morgan fingerprint density at radius 3 is 2.61 bits per heavy atom. The van der Waals surface area contributed by atoms with Crippen molar-refractivity contribution in [2.24, 2.45) is 5.73 Å². The van der Waals surface area contributed by atoms with Crippen molar-refractivity contribution in [1.29, 1.82) is 0 Å². The number of anilines is 3. The lowest BCUT2D eigenvalue weighted by Crippen LogP contribution is -2.44. The first-order chi connectivity index (χ1) is 17.0. The normalized spacial score (nSPS) is 17.7. The van der Waals surface area contributed by atoms with Gasteiger partial charge in [0.2, 0.25) is 12.1 Å². The van der Waals surface area contributed by atoms with Crippen molar-refractivity contribution in [3.05, 3.63) is 48.2 Å². The van der Waals surface area contributed by atoms with Gasteiger partial charge in [-0.2, -0.15) is 13.2 Å². The van der Waals surface area contributed by atoms with E-state index >= 15 is 0 Å². The highest BCUT2D eigenvalue weighted by molar-refractivity contribution is 6.04. The summed E-state index contributed by atoms with van der Waals surface area (Å²) in [5.74, 6) is 1.06. The van der Waals surface area contributed by atoms with Gasteiger partial charge in [0.1, 0.15) is 5.82 Å². The number of rotatable bonds is 5. The molecule has 4 N–H and O–H groups in total. The molecule has 0 bridgehead atoms. The van der Waals surface area contributed by atoms with Crippen molar-refractivity contribution in [3.63, 3.8) is 0 Å². The van der Waals surface area contributed by atoms with Crippen LogP contribution in [0.1, 0.15) is 38.3 Å². The van der Waals surface area contributed by atoms with Crippen molar-refractivity contribution in [3.8, 4) is 11.8 Å². The molecule has 12 heteroatoms. The molecule has 9 nitrogen and oxygen atoms in total. The highest BCUT2D eigenvalue weighted by Gasteiger charge is 2.41. The first-order valence-corrected chi connectivity index (χ1v) is 11.0. The Kier molecular flexibility index (Phi) is 8.16. The number of nitrogens with zero attached hydrogens (tertiary/aromatic N) is 2. The lowest BCUT2D eigenvalue weighted by Gasteiger charge is -2.39. The number of benzene rings is 1. The van der Waals surface area contributed by atoms with Crippen LogP contribution in [0.25, 0.3) is 0 Å². The fourth-order valence-corrected chi connectivity index (χ4v) is 3.74. The van der Waals surface area contributed by atoms with E-state index in [4.69, 9.17) is 5.73 Å². The summed E-state index contributed by atoms with van der Waals surface area (Å²) >= 11 is 0. The number of para-hydroxylation sites is 1. The second-order valence-corrected chi connectivity index (χ2v) is 7.94. The highest BCUT2D eigenvalue weighted by atomic mass is 19.4. The van der Waals surface area contributed by atoms with Crippen molar-refractivity contribution in [2.45, 2.75) is 51.2 Å². The molecule has 0 spiro atoms. The number of hydrogen-bond donors (Lipinski definition) is 3. The predicted molar refractivity (Wildman–Crippen MR) is 125 cm³/mol. The summed E-state index contributed by atoms with van der Waals surface area (Å²) in [5.41, 5.74) is 7.25. The number of aromatic nitrogens is 1. The van der Waals surface area contributed by atoms with Crippen LogP contribution in [0.4, 0.5) is 30.4 Å². The number of amides is 2. The van der Waals surface area contributed by atoms with Gasteiger partial charge < -0.3 is 20.3 Å². The number of pyridine rings is 1. The maximum Gasteiger partial charge on any atom is 0.491 e. The zero-order chi connectivity index (χ0) is 26.5. The zero-order valence-electron chi connectivity index (χ0n) is 19.4. The minimum Gasteiger partial charge on any atom is -0.429 e. The number of fused-ring (bicyclic) bond motifs is 1. The van der Waals surface area contributed by atoms with E-state index in [0.717, 1.165) is 11.3 Å². The van der Waals surface area contributed by atoms with Crippen LogP contribution >= 0.6 is 0 Å². The second-order valence-electron chi connectivity index (χ2n) is 7.94. The minimum atomic E-state index is -5.22. The van der Waals surface area contributed by atoms with Gasteiger partial charge in [-0.05, 0) is 43.0 Å². The van der Waals surface area contributed by atoms with Gasteiger partial charge in [-0.3, -0.25) is 15.3 Å². The molecule has 0 aliphatic carbocycles. The number of nitrogens with two attached hydrogens (primary N) is 1. The smallest absolute Gasteiger partial charge is 0.429 e. The summed E-state index contributed by atoms with van der Waals surface area (Å²) in [4.78, 5) is 41.2. The van der Waals surface area contributed by atoms with E-state index in [1.54, 1.807) is 12.1 Å². The molecule has 1 aliphatic heterocycles. The first kappa shape index (κ1) is 26.5. The van der Waals surface area contributed by atoms with Gasteiger partial charge in [0.25, 0.3) is 0 Å². The van der Waals surface area contributed by atoms with E-state index in [-0.39, 0.29) is 23.7 Å². The molecule has 1 aliphatic rings. The standard InChI is InChI=1S/C24H24F3N5O4/c1-3-22(34)32-14(2)12-17(16-6-4-5-7-18(16)32)31-20-10-8-15(13-29-20)30-21(33)11-9-19(28)36-23(35)24(25,26)27/h4-8,10,13-14,17,19H,3,12,28H2,1-2H3,(H,29,31)(H,30,33)/t14-,17+,19?/m0/s1. The van der Waals surface area contributed by atoms with E-state index in [1.807, 2.05) is 54.9 Å². The van der Waals surface area contributed by atoms with Crippen LogP contribution in [0.2, 0.25) is 0 Å². The Morgan fingerprint density at radius 1 is 1.25 bits per heavy atom. The molecule has 3 rings (SSSR count). The summed E-state index contributed by atoms with van der Waals surface area (Å²) in [6.07, 6.45) is -4.69. The Hall–Kier alpha value is -4.11. The van der Waals surface area contributed by atoms with Crippen molar-refractivity contribution >= 4 is 35.0 Å². The Bertz CT molecular complexity index is 1190. The van der Waals surface area contributed by atoms with Crippen molar-refractivity contribution in [2.75, 3.05) is 15.5 Å². The lowest BCUT2D eigenvalue weighted by molar-refractivity contribution is -0.202. The predicted octanol–water partition coefficient (Wildman–Crippen LogP) is 3.10. The number of alkyl halides is 3. The highest BCUT2D eigenvalue weighted by Crippen LogP contribution is 2.38. The van der Waals surface area contributed by atoms with Gasteiger partial charge in [-0.15, -0.1) is 0 Å². The molecule has 3 atom stereocenters. The van der Waals surface area contributed by atoms with Gasteiger partial charge in [0.15, 0.2) is 0 Å². The van der Waals surface area contributed by atoms with Gasteiger partial charge in [-0.25, -0.2) is 9.78 Å². The number of esters is 1. The fourth-order valence-electron chi connectivity index (χ4n) is 3.74. The molecular weight excluding hydrogens is 479 g/mol. The van der Waals surface area contributed by atoms with Gasteiger partial charge in [0.05, 0.1) is 17.9 Å². The minimum absolute atomic E-state index is 0.0243. The Balaban J connectivity index is 1.63. The molecule has 190 valence electrons. The molecule has 0 radical (unpaired) electrons. The average Bonchev–Trinajstić information content (AvgIpc) is 2.83. The molecule has 1 aromatic carbocycles. The topological polar surface area (TPSA) is 127 Å². The van der Waals surface area contributed by atoms with E-state index in [2.05, 4.69) is 20.4 Å². The summed E-state index contributed by atoms with van der Waals surface area (Å²) in [6, 6.07) is 10.7. The molecule has 1 aromatic heterocycles. The molecule has 2 amide bonds. The zero-order valence-corrected chi connectivity index (χ0v) is 19.4. The monoisotopic (exact) mass is 503 g/mol. The van der Waals surface area contributed by atoms with E-state index in [1.165, 1.54) is 6.20 Å². The average molecular weight is 503 g/mol. The number of ether oxygens (including phenoxy) is 1. The molecule has 2 aromatic rings. The summed E-state index contributed by atoms with van der Waals surface area (Å²) < 4.78 is 40.3. The van der Waals surface area contributed by atoms with Crippen molar-refractivity contribution in [1.82, 2.24) is 4.98 Å². The first-order valence-electron chi connectivity index (χ1n) is 11.0. The Morgan fingerprint density at radius 2 is 1.97 bits per heavy atom. The quantitative estimate of drug-likeness (QED) is 0.325. The number of hydrogen-bond acceptors (Lipinski definition) is 7. The molecule has 36 heavy (non-hydrogen) atoms. The molecule has 0 fully saturated rings. The SMILES string of the molecule is CCC(=O)N1c2ccccc2[C@H](Nc2ccc(NC(=O)C#CC(N)OC(=O)C(F)(F)F)cn2)C[C@@H]1C. The van der Waals surface area contributed by atoms with Gasteiger partial charge in [0, 0.05) is 24.1 Å². The summed E-state index contributed by atoms with van der Waals surface area (Å²) in [5, 5.41) is 5.74. The van der Waals surface area contributed by atoms with Crippen LogP contribution < -0.4 is 21.3 Å². The third kappa shape index (κ3) is 6.51. The van der Waals surface area contributed by atoms with Crippen LogP contribution in [0.5, 0.6) is 0 Å². The Labute approximate surface area is 205 Å². The maximum absolute atomic E-state index is 12.5. The van der Waals surface area contributed by atoms with Crippen LogP contribution in [0.3, 0.4) is 0 Å². The summed E-state index contributed by atoms with van der Waals surface area (Å²) in [7, 11) is 0. The summed E-state index contributed by atoms with van der Waals surface area (Å²) in [6.45, 7) is 3.82. The lowest BCUT2D eigenvalue weighted by atomic mass is 9.91. The molecule has 0 saturated heterocycles. The number of carbonyl (C=O) groups is 3.